The van der Waals surface area contributed by atoms with Gasteiger partial charge in [-0.2, -0.15) is 0 Å². The van der Waals surface area contributed by atoms with Crippen molar-refractivity contribution in [3.05, 3.63) is 0 Å². The van der Waals surface area contributed by atoms with Crippen LogP contribution in [0.4, 0.5) is 0 Å². The summed E-state index contributed by atoms with van der Waals surface area (Å²) in [5, 5.41) is 2.67. The van der Waals surface area contributed by atoms with E-state index in [4.69, 9.17) is 0 Å². The third kappa shape index (κ3) is 4.06. The Hall–Kier alpha value is -0.860. The molecule has 0 aromatic rings. The van der Waals surface area contributed by atoms with Crippen molar-refractivity contribution in [1.29, 1.82) is 0 Å². The predicted molar refractivity (Wildman–Crippen MR) is 52.3 cm³/mol. The van der Waals surface area contributed by atoms with E-state index in [1.807, 2.05) is 27.7 Å². The molecule has 1 amide bonds. The molecule has 0 aliphatic rings. The molecule has 0 aliphatic carbocycles. The fourth-order valence-corrected chi connectivity index (χ4v) is 0.951. The number of Topliss-reactive ketones (excluding diaryl/α,β-unsaturated/α-hetero) is 1. The van der Waals surface area contributed by atoms with Crippen LogP contribution in [0.5, 0.6) is 0 Å². The first-order chi connectivity index (χ1) is 5.86. The van der Waals surface area contributed by atoms with Crippen LogP contribution in [0.3, 0.4) is 0 Å². The first-order valence-corrected chi connectivity index (χ1v) is 4.70. The highest BCUT2D eigenvalue weighted by Gasteiger charge is 2.19. The minimum Gasteiger partial charge on any atom is -0.346 e. The molecular weight excluding hydrogens is 166 g/mol. The summed E-state index contributed by atoms with van der Waals surface area (Å²) < 4.78 is 0. The zero-order valence-electron chi connectivity index (χ0n) is 9.05. The van der Waals surface area contributed by atoms with Gasteiger partial charge in [0.2, 0.25) is 5.91 Å². The second-order valence-corrected chi connectivity index (χ2v) is 3.94. The van der Waals surface area contributed by atoms with Gasteiger partial charge in [-0.15, -0.1) is 0 Å². The molecule has 76 valence electrons. The third-order valence-electron chi connectivity index (χ3n) is 1.88. The number of amides is 1. The average molecular weight is 185 g/mol. The van der Waals surface area contributed by atoms with Crippen molar-refractivity contribution in [2.45, 2.75) is 40.7 Å². The van der Waals surface area contributed by atoms with Crippen molar-refractivity contribution in [1.82, 2.24) is 5.32 Å². The fraction of sp³-hybridized carbons (Fsp3) is 0.800. The van der Waals surface area contributed by atoms with Crippen molar-refractivity contribution in [2.75, 3.05) is 0 Å². The quantitative estimate of drug-likeness (QED) is 0.719. The topological polar surface area (TPSA) is 46.2 Å². The molecule has 0 saturated carbocycles. The molecule has 0 saturated heterocycles. The van der Waals surface area contributed by atoms with E-state index in [1.165, 1.54) is 0 Å². The monoisotopic (exact) mass is 185 g/mol. The minimum atomic E-state index is -0.366. The summed E-state index contributed by atoms with van der Waals surface area (Å²) >= 11 is 0. The van der Waals surface area contributed by atoms with Crippen LogP contribution in [0.25, 0.3) is 0 Å². The van der Waals surface area contributed by atoms with Crippen molar-refractivity contribution < 1.29 is 9.59 Å². The lowest BCUT2D eigenvalue weighted by atomic mass is 10.0. The number of nitrogens with one attached hydrogen (secondary N) is 1. The van der Waals surface area contributed by atoms with Gasteiger partial charge in [0.05, 0.1) is 6.04 Å². The Morgan fingerprint density at radius 3 is 1.69 bits per heavy atom. The molecule has 1 N–H and O–H groups in total. The lowest BCUT2D eigenvalue weighted by Crippen LogP contribution is -2.42. The zero-order valence-corrected chi connectivity index (χ0v) is 9.05. The molecule has 0 radical (unpaired) electrons. The van der Waals surface area contributed by atoms with E-state index < -0.39 is 0 Å². The maximum atomic E-state index is 11.4. The minimum absolute atomic E-state index is 0.0255. The highest BCUT2D eigenvalue weighted by molar-refractivity contribution is 5.90. The summed E-state index contributed by atoms with van der Waals surface area (Å²) in [6, 6.07) is -0.366. The van der Waals surface area contributed by atoms with Gasteiger partial charge in [-0.25, -0.2) is 0 Å². The lowest BCUT2D eigenvalue weighted by Gasteiger charge is -2.16. The molecule has 3 nitrogen and oxygen atoms in total. The summed E-state index contributed by atoms with van der Waals surface area (Å²) in [5.41, 5.74) is 0. The van der Waals surface area contributed by atoms with E-state index in [1.54, 1.807) is 6.92 Å². The van der Waals surface area contributed by atoms with Crippen LogP contribution in [-0.4, -0.2) is 17.7 Å². The van der Waals surface area contributed by atoms with E-state index in [2.05, 4.69) is 5.32 Å². The van der Waals surface area contributed by atoms with Crippen molar-refractivity contribution in [2.24, 2.45) is 11.8 Å². The molecule has 0 aromatic heterocycles. The van der Waals surface area contributed by atoms with E-state index in [0.717, 1.165) is 0 Å². The van der Waals surface area contributed by atoms with Gasteiger partial charge in [0.1, 0.15) is 0 Å². The number of carbonyl (C=O) groups is 2. The van der Waals surface area contributed by atoms with Crippen LogP contribution >= 0.6 is 0 Å². The summed E-state index contributed by atoms with van der Waals surface area (Å²) in [5.74, 6) is -0.0830. The predicted octanol–water partition coefficient (Wildman–Crippen LogP) is 1.37. The molecule has 0 aromatic carbocycles. The van der Waals surface area contributed by atoms with Gasteiger partial charge in [-0.05, 0) is 6.92 Å². The molecule has 13 heavy (non-hydrogen) atoms. The van der Waals surface area contributed by atoms with Crippen molar-refractivity contribution in [3.63, 3.8) is 0 Å². The first-order valence-electron chi connectivity index (χ1n) is 4.70. The highest BCUT2D eigenvalue weighted by atomic mass is 16.2. The largest absolute Gasteiger partial charge is 0.346 e. The molecule has 0 rings (SSSR count). The van der Waals surface area contributed by atoms with Crippen LogP contribution in [0.15, 0.2) is 0 Å². The van der Waals surface area contributed by atoms with Crippen LogP contribution in [0.2, 0.25) is 0 Å². The maximum Gasteiger partial charge on any atom is 0.223 e. The normalized spacial score (nSPS) is 13.2. The third-order valence-corrected chi connectivity index (χ3v) is 1.88. The van der Waals surface area contributed by atoms with E-state index in [9.17, 15) is 9.59 Å². The molecule has 1 unspecified atom stereocenters. The molecule has 1 atom stereocenters. The van der Waals surface area contributed by atoms with Crippen molar-refractivity contribution in [3.8, 4) is 0 Å². The molecule has 0 fully saturated rings. The Morgan fingerprint density at radius 2 is 1.38 bits per heavy atom. The summed E-state index contributed by atoms with van der Waals surface area (Å²) in [6.45, 7) is 9.01. The SMILES string of the molecule is CC(C)C(=O)NC(C)C(=O)C(C)C. The van der Waals surface area contributed by atoms with Crippen LogP contribution in [-0.2, 0) is 9.59 Å². The van der Waals surface area contributed by atoms with Gasteiger partial charge in [-0.3, -0.25) is 9.59 Å². The van der Waals surface area contributed by atoms with Gasteiger partial charge in [-0.1, -0.05) is 27.7 Å². The van der Waals surface area contributed by atoms with Gasteiger partial charge >= 0.3 is 0 Å². The fourth-order valence-electron chi connectivity index (χ4n) is 0.951. The Morgan fingerprint density at radius 1 is 0.923 bits per heavy atom. The van der Waals surface area contributed by atoms with Crippen LogP contribution in [0.1, 0.15) is 34.6 Å². The van der Waals surface area contributed by atoms with E-state index in [-0.39, 0.29) is 29.6 Å². The number of ketones is 1. The zero-order chi connectivity index (χ0) is 10.6. The molecular formula is C10H19NO2. The molecule has 0 bridgehead atoms. The van der Waals surface area contributed by atoms with E-state index >= 15 is 0 Å². The Balaban J connectivity index is 4.08. The number of rotatable bonds is 4. The average Bonchev–Trinajstić information content (AvgIpc) is 2.02. The van der Waals surface area contributed by atoms with Gasteiger partial charge in [0, 0.05) is 11.8 Å². The van der Waals surface area contributed by atoms with Gasteiger partial charge < -0.3 is 5.32 Å². The summed E-state index contributed by atoms with van der Waals surface area (Å²) in [4.78, 5) is 22.6. The van der Waals surface area contributed by atoms with Gasteiger partial charge in [0.25, 0.3) is 0 Å². The van der Waals surface area contributed by atoms with Crippen LogP contribution < -0.4 is 5.32 Å². The standard InChI is InChI=1S/C10H19NO2/c1-6(2)9(12)8(5)11-10(13)7(3)4/h6-8H,1-5H3,(H,11,13). The Bertz CT molecular complexity index is 197. The second kappa shape index (κ2) is 5.00. The van der Waals surface area contributed by atoms with E-state index in [0.29, 0.717) is 0 Å². The highest BCUT2D eigenvalue weighted by Crippen LogP contribution is 2.00. The number of hydrogen-bond acceptors (Lipinski definition) is 2. The summed E-state index contributed by atoms with van der Waals surface area (Å²) in [7, 11) is 0. The van der Waals surface area contributed by atoms with Crippen LogP contribution in [0, 0.1) is 11.8 Å². The Kier molecular flexibility index (Phi) is 4.67. The van der Waals surface area contributed by atoms with Crippen molar-refractivity contribution >= 4 is 11.7 Å². The first kappa shape index (κ1) is 12.1. The molecule has 0 heterocycles. The maximum absolute atomic E-state index is 11.4. The molecule has 0 aliphatic heterocycles. The molecule has 0 spiro atoms. The van der Waals surface area contributed by atoms with Gasteiger partial charge in [0.15, 0.2) is 5.78 Å². The second-order valence-electron chi connectivity index (χ2n) is 3.94. The lowest BCUT2D eigenvalue weighted by molar-refractivity contribution is -0.130. The number of hydrogen-bond donors (Lipinski definition) is 1. The Labute approximate surface area is 79.9 Å². The summed E-state index contributed by atoms with van der Waals surface area (Å²) in [6.07, 6.45) is 0. The smallest absolute Gasteiger partial charge is 0.223 e. The number of carbonyl (C=O) groups excluding carboxylic acids is 2. The molecule has 3 heteroatoms.